The molecule has 0 amide bonds. The largest absolute Gasteiger partial charge is 0.370 e. The van der Waals surface area contributed by atoms with Crippen molar-refractivity contribution < 1.29 is 4.74 Å². The van der Waals surface area contributed by atoms with Gasteiger partial charge in [-0.2, -0.15) is 0 Å². The van der Waals surface area contributed by atoms with Crippen LogP contribution >= 0.6 is 11.8 Å². The Morgan fingerprint density at radius 3 is 2.87 bits per heavy atom. The summed E-state index contributed by atoms with van der Waals surface area (Å²) in [5, 5.41) is 0. The third-order valence-corrected chi connectivity index (χ3v) is 4.86. The van der Waals surface area contributed by atoms with Crippen LogP contribution in [0.4, 0.5) is 0 Å². The van der Waals surface area contributed by atoms with Gasteiger partial charge in [0.05, 0.1) is 18.8 Å². The fourth-order valence-corrected chi connectivity index (χ4v) is 3.47. The van der Waals surface area contributed by atoms with E-state index in [4.69, 9.17) is 4.74 Å². The van der Waals surface area contributed by atoms with E-state index in [2.05, 4.69) is 56.1 Å². The van der Waals surface area contributed by atoms with Gasteiger partial charge < -0.3 is 4.74 Å². The Morgan fingerprint density at radius 1 is 1.22 bits per heavy atom. The molecule has 1 heterocycles. The number of aryl methyl sites for hydroxylation is 1. The number of nitrogens with zero attached hydrogens (tertiary/aromatic N) is 1. The molecular formula is C20H27NOS. The number of aliphatic imine (C=N–C) groups is 1. The predicted octanol–water partition coefficient (Wildman–Crippen LogP) is 5.15. The average Bonchev–Trinajstić information content (AvgIpc) is 2.81. The van der Waals surface area contributed by atoms with Gasteiger partial charge in [0.2, 0.25) is 0 Å². The van der Waals surface area contributed by atoms with Gasteiger partial charge in [-0.3, -0.25) is 4.99 Å². The van der Waals surface area contributed by atoms with Gasteiger partial charge in [-0.15, -0.1) is 11.8 Å². The van der Waals surface area contributed by atoms with Crippen molar-refractivity contribution in [3.05, 3.63) is 58.5 Å². The standard InChI is InChI=1S/C20H27NOS/c1-4-9-17-10-5-6-12-19(17)20(2,3)22-14-15-23-18-11-7-8-13-21-16-18/h5-8,10-13H,4,9,14-16H2,1-3H3. The van der Waals surface area contributed by atoms with Gasteiger partial charge in [0.1, 0.15) is 0 Å². The number of rotatable bonds is 8. The topological polar surface area (TPSA) is 21.6 Å². The predicted molar refractivity (Wildman–Crippen MR) is 102 cm³/mol. The molecule has 0 fully saturated rings. The van der Waals surface area contributed by atoms with Crippen LogP contribution in [0.1, 0.15) is 38.3 Å². The normalized spacial score (nSPS) is 14.7. The minimum absolute atomic E-state index is 0.248. The highest BCUT2D eigenvalue weighted by molar-refractivity contribution is 8.03. The molecule has 1 aromatic rings. The zero-order valence-electron chi connectivity index (χ0n) is 14.4. The van der Waals surface area contributed by atoms with Gasteiger partial charge in [0, 0.05) is 16.9 Å². The summed E-state index contributed by atoms with van der Waals surface area (Å²) >= 11 is 1.83. The molecule has 0 radical (unpaired) electrons. The molecule has 0 saturated carbocycles. The van der Waals surface area contributed by atoms with Crippen LogP contribution in [-0.2, 0) is 16.8 Å². The number of benzene rings is 1. The van der Waals surface area contributed by atoms with Crippen LogP contribution in [-0.4, -0.2) is 25.1 Å². The molecule has 0 unspecified atom stereocenters. The van der Waals surface area contributed by atoms with Crippen LogP contribution in [0.25, 0.3) is 0 Å². The molecule has 0 aromatic heterocycles. The summed E-state index contributed by atoms with van der Waals surface area (Å²) in [6, 6.07) is 8.65. The van der Waals surface area contributed by atoms with Crippen molar-refractivity contribution in [2.45, 2.75) is 39.2 Å². The summed E-state index contributed by atoms with van der Waals surface area (Å²) in [5.41, 5.74) is 2.47. The molecule has 0 aliphatic carbocycles. The Kier molecular flexibility index (Phi) is 7.13. The van der Waals surface area contributed by atoms with Crippen LogP contribution in [0.5, 0.6) is 0 Å². The van der Waals surface area contributed by atoms with Crippen molar-refractivity contribution in [1.29, 1.82) is 0 Å². The van der Waals surface area contributed by atoms with Crippen LogP contribution < -0.4 is 0 Å². The molecule has 2 nitrogen and oxygen atoms in total. The first-order chi connectivity index (χ1) is 11.1. The molecule has 0 N–H and O–H groups in total. The zero-order valence-corrected chi connectivity index (χ0v) is 15.2. The molecule has 0 bridgehead atoms. The van der Waals surface area contributed by atoms with Gasteiger partial charge >= 0.3 is 0 Å². The van der Waals surface area contributed by atoms with E-state index in [1.54, 1.807) is 0 Å². The van der Waals surface area contributed by atoms with Gasteiger partial charge in [0.25, 0.3) is 0 Å². The highest BCUT2D eigenvalue weighted by Gasteiger charge is 2.23. The third-order valence-electron chi connectivity index (χ3n) is 3.85. The summed E-state index contributed by atoms with van der Waals surface area (Å²) in [4.78, 5) is 5.61. The average molecular weight is 330 g/mol. The van der Waals surface area contributed by atoms with E-state index >= 15 is 0 Å². The summed E-state index contributed by atoms with van der Waals surface area (Å²) < 4.78 is 6.22. The van der Waals surface area contributed by atoms with Crippen LogP contribution in [0.2, 0.25) is 0 Å². The Morgan fingerprint density at radius 2 is 2.04 bits per heavy atom. The number of hydrogen-bond donors (Lipinski definition) is 0. The molecule has 0 saturated heterocycles. The molecule has 2 rings (SSSR count). The quantitative estimate of drug-likeness (QED) is 0.615. The van der Waals surface area contributed by atoms with E-state index in [9.17, 15) is 0 Å². The van der Waals surface area contributed by atoms with Gasteiger partial charge in [-0.25, -0.2) is 0 Å². The fourth-order valence-electron chi connectivity index (χ4n) is 2.70. The van der Waals surface area contributed by atoms with E-state index in [0.29, 0.717) is 0 Å². The van der Waals surface area contributed by atoms with E-state index in [1.165, 1.54) is 16.0 Å². The summed E-state index contributed by atoms with van der Waals surface area (Å²) in [5.74, 6) is 0.953. The van der Waals surface area contributed by atoms with Gasteiger partial charge in [-0.05, 0) is 37.5 Å². The second-order valence-electron chi connectivity index (χ2n) is 6.12. The van der Waals surface area contributed by atoms with E-state index in [1.807, 2.05) is 30.1 Å². The molecule has 1 aromatic carbocycles. The molecule has 1 aliphatic rings. The lowest BCUT2D eigenvalue weighted by molar-refractivity contribution is -0.0130. The molecule has 0 spiro atoms. The molecular weight excluding hydrogens is 302 g/mol. The summed E-state index contributed by atoms with van der Waals surface area (Å²) in [6.07, 6.45) is 10.3. The maximum atomic E-state index is 6.22. The number of hydrogen-bond acceptors (Lipinski definition) is 3. The minimum Gasteiger partial charge on any atom is -0.370 e. The summed E-state index contributed by atoms with van der Waals surface area (Å²) in [6.45, 7) is 8.08. The number of allylic oxidation sites excluding steroid dienone is 3. The Labute approximate surface area is 144 Å². The van der Waals surface area contributed by atoms with Crippen molar-refractivity contribution in [3.8, 4) is 0 Å². The van der Waals surface area contributed by atoms with Gasteiger partial charge in [0.15, 0.2) is 0 Å². The molecule has 0 atom stereocenters. The zero-order chi connectivity index (χ0) is 16.5. The first kappa shape index (κ1) is 18.0. The van der Waals surface area contributed by atoms with Crippen LogP contribution in [0.3, 0.4) is 0 Å². The maximum absolute atomic E-state index is 6.22. The number of ether oxygens (including phenoxy) is 1. The summed E-state index contributed by atoms with van der Waals surface area (Å²) in [7, 11) is 0. The highest BCUT2D eigenvalue weighted by atomic mass is 32.2. The lowest BCUT2D eigenvalue weighted by Gasteiger charge is -2.28. The van der Waals surface area contributed by atoms with E-state index in [-0.39, 0.29) is 5.60 Å². The van der Waals surface area contributed by atoms with Crippen LogP contribution in [0, 0.1) is 0 Å². The first-order valence-electron chi connectivity index (χ1n) is 8.34. The smallest absolute Gasteiger partial charge is 0.0878 e. The van der Waals surface area contributed by atoms with Crippen molar-refractivity contribution >= 4 is 18.0 Å². The second kappa shape index (κ2) is 9.09. The van der Waals surface area contributed by atoms with Crippen molar-refractivity contribution in [1.82, 2.24) is 0 Å². The van der Waals surface area contributed by atoms with E-state index in [0.717, 1.165) is 31.7 Å². The molecule has 3 heteroatoms. The SMILES string of the molecule is CCCc1ccccc1C(C)(C)OCCSC1=CC=CC=NC1. The lowest BCUT2D eigenvalue weighted by atomic mass is 9.91. The Hall–Kier alpha value is -1.32. The van der Waals surface area contributed by atoms with Crippen molar-refractivity contribution in [2.24, 2.45) is 4.99 Å². The van der Waals surface area contributed by atoms with Gasteiger partial charge in [-0.1, -0.05) is 49.8 Å². The van der Waals surface area contributed by atoms with Crippen molar-refractivity contribution in [2.75, 3.05) is 18.9 Å². The third kappa shape index (κ3) is 5.67. The maximum Gasteiger partial charge on any atom is 0.0878 e. The Balaban J connectivity index is 1.88. The first-order valence-corrected chi connectivity index (χ1v) is 9.33. The van der Waals surface area contributed by atoms with Crippen LogP contribution in [0.15, 0.2) is 52.4 Å². The second-order valence-corrected chi connectivity index (χ2v) is 7.34. The Bertz CT molecular complexity index is 587. The minimum atomic E-state index is -0.248. The lowest BCUT2D eigenvalue weighted by Crippen LogP contribution is -2.24. The highest BCUT2D eigenvalue weighted by Crippen LogP contribution is 2.29. The molecule has 23 heavy (non-hydrogen) atoms. The fraction of sp³-hybridized carbons (Fsp3) is 0.450. The van der Waals surface area contributed by atoms with Crippen molar-refractivity contribution in [3.63, 3.8) is 0 Å². The number of thioether (sulfide) groups is 1. The molecule has 124 valence electrons. The molecule has 1 aliphatic heterocycles. The van der Waals surface area contributed by atoms with E-state index < -0.39 is 0 Å². The monoisotopic (exact) mass is 329 g/mol.